The van der Waals surface area contributed by atoms with Crippen molar-refractivity contribution in [2.24, 2.45) is 0 Å². The van der Waals surface area contributed by atoms with Gasteiger partial charge in [0.05, 0.1) is 12.1 Å². The molecule has 7 nitrogen and oxygen atoms in total. The summed E-state index contributed by atoms with van der Waals surface area (Å²) in [5.41, 5.74) is 4.58. The topological polar surface area (TPSA) is 85.5 Å². The molecule has 5 rings (SSSR count). The van der Waals surface area contributed by atoms with Crippen molar-refractivity contribution < 1.29 is 14.0 Å². The minimum Gasteiger partial charge on any atom is -0.363 e. The fourth-order valence-corrected chi connectivity index (χ4v) is 4.99. The molecule has 2 unspecified atom stereocenters. The second-order valence-electron chi connectivity index (χ2n) is 10.0. The second kappa shape index (κ2) is 12.2. The Balaban J connectivity index is 1.24. The number of benzene rings is 3. The summed E-state index contributed by atoms with van der Waals surface area (Å²) in [5, 5.41) is 12.4. The molecule has 3 aromatic carbocycles. The maximum absolute atomic E-state index is 13.6. The zero-order valence-electron chi connectivity index (χ0n) is 21.4. The van der Waals surface area contributed by atoms with Gasteiger partial charge in [0, 0.05) is 30.2 Å². The molecule has 3 aromatic rings. The first-order valence-electron chi connectivity index (χ1n) is 13.3. The fourth-order valence-electron chi connectivity index (χ4n) is 4.99. The molecule has 0 bridgehead atoms. The quantitative estimate of drug-likeness (QED) is 0.339. The van der Waals surface area contributed by atoms with Crippen molar-refractivity contribution in [2.75, 3.05) is 28.6 Å². The molecule has 198 valence electrons. The minimum atomic E-state index is -0.276. The molecule has 2 atom stereocenters. The SMILES string of the molecule is O=C(Nc1ccc(CN(Cc2ccc(NC(=O)C3CCCN3)cc2)c2ccc(F)cc2)cc1)C1CCCN1. The van der Waals surface area contributed by atoms with Crippen molar-refractivity contribution in [2.45, 2.75) is 50.9 Å². The van der Waals surface area contributed by atoms with Crippen LogP contribution in [0.5, 0.6) is 0 Å². The maximum Gasteiger partial charge on any atom is 0.241 e. The van der Waals surface area contributed by atoms with E-state index in [9.17, 15) is 14.0 Å². The van der Waals surface area contributed by atoms with Crippen molar-refractivity contribution in [3.63, 3.8) is 0 Å². The van der Waals surface area contributed by atoms with E-state index >= 15 is 0 Å². The van der Waals surface area contributed by atoms with Crippen LogP contribution in [-0.4, -0.2) is 37.0 Å². The molecule has 2 aliphatic rings. The van der Waals surface area contributed by atoms with Crippen LogP contribution in [0.2, 0.25) is 0 Å². The average molecular weight is 516 g/mol. The number of amides is 2. The highest BCUT2D eigenvalue weighted by Crippen LogP contribution is 2.23. The molecule has 38 heavy (non-hydrogen) atoms. The molecule has 0 aromatic heterocycles. The normalized spacial score (nSPS) is 18.8. The highest BCUT2D eigenvalue weighted by molar-refractivity contribution is 5.95. The molecule has 2 saturated heterocycles. The molecule has 0 spiro atoms. The van der Waals surface area contributed by atoms with Crippen LogP contribution in [0.3, 0.4) is 0 Å². The maximum atomic E-state index is 13.6. The minimum absolute atomic E-state index is 0.00216. The van der Waals surface area contributed by atoms with Crippen LogP contribution in [0.1, 0.15) is 36.8 Å². The van der Waals surface area contributed by atoms with E-state index in [-0.39, 0.29) is 29.7 Å². The van der Waals surface area contributed by atoms with Crippen molar-refractivity contribution >= 4 is 28.9 Å². The van der Waals surface area contributed by atoms with Crippen LogP contribution < -0.4 is 26.2 Å². The predicted octanol–water partition coefficient (Wildman–Crippen LogP) is 4.41. The fraction of sp³-hybridized carbons (Fsp3) is 0.333. The average Bonchev–Trinajstić information content (AvgIpc) is 3.66. The third kappa shape index (κ3) is 6.76. The summed E-state index contributed by atoms with van der Waals surface area (Å²) in [7, 11) is 0. The number of rotatable bonds is 9. The van der Waals surface area contributed by atoms with Gasteiger partial charge in [0.15, 0.2) is 0 Å². The summed E-state index contributed by atoms with van der Waals surface area (Å²) in [6, 6.07) is 21.9. The van der Waals surface area contributed by atoms with Crippen molar-refractivity contribution in [3.8, 4) is 0 Å². The van der Waals surface area contributed by atoms with E-state index in [2.05, 4.69) is 26.2 Å². The van der Waals surface area contributed by atoms with E-state index in [1.807, 2.05) is 48.5 Å². The van der Waals surface area contributed by atoms with E-state index in [1.54, 1.807) is 12.1 Å². The molecular formula is C30H34FN5O2. The molecular weight excluding hydrogens is 481 g/mol. The molecule has 4 N–H and O–H groups in total. The Hall–Kier alpha value is -3.75. The number of carbonyl (C=O) groups excluding carboxylic acids is 2. The lowest BCUT2D eigenvalue weighted by molar-refractivity contribution is -0.118. The van der Waals surface area contributed by atoms with Gasteiger partial charge >= 0.3 is 0 Å². The van der Waals surface area contributed by atoms with Crippen LogP contribution in [0.25, 0.3) is 0 Å². The number of nitrogens with zero attached hydrogens (tertiary/aromatic N) is 1. The van der Waals surface area contributed by atoms with Crippen LogP contribution >= 0.6 is 0 Å². The van der Waals surface area contributed by atoms with Gasteiger partial charge in [-0.2, -0.15) is 0 Å². The molecule has 8 heteroatoms. The van der Waals surface area contributed by atoms with Gasteiger partial charge in [0.1, 0.15) is 5.82 Å². The van der Waals surface area contributed by atoms with E-state index in [0.29, 0.717) is 13.1 Å². The highest BCUT2D eigenvalue weighted by atomic mass is 19.1. The third-order valence-electron chi connectivity index (χ3n) is 7.14. The number of nitrogens with one attached hydrogen (secondary N) is 4. The Labute approximate surface area is 222 Å². The lowest BCUT2D eigenvalue weighted by Crippen LogP contribution is -2.35. The molecule has 0 aliphatic carbocycles. The Morgan fingerprint density at radius 3 is 1.55 bits per heavy atom. The van der Waals surface area contributed by atoms with Crippen LogP contribution in [0.15, 0.2) is 72.8 Å². The van der Waals surface area contributed by atoms with Gasteiger partial charge in [-0.15, -0.1) is 0 Å². The summed E-state index contributed by atoms with van der Waals surface area (Å²) in [4.78, 5) is 27.0. The van der Waals surface area contributed by atoms with Gasteiger partial charge in [-0.1, -0.05) is 24.3 Å². The number of carbonyl (C=O) groups is 2. The zero-order chi connectivity index (χ0) is 26.3. The van der Waals surface area contributed by atoms with Gasteiger partial charge in [-0.3, -0.25) is 9.59 Å². The zero-order valence-corrected chi connectivity index (χ0v) is 21.4. The summed E-state index contributed by atoms with van der Waals surface area (Å²) >= 11 is 0. The predicted molar refractivity (Wildman–Crippen MR) is 148 cm³/mol. The molecule has 0 saturated carbocycles. The lowest BCUT2D eigenvalue weighted by atomic mass is 10.1. The van der Waals surface area contributed by atoms with Gasteiger partial charge in [-0.25, -0.2) is 4.39 Å². The van der Waals surface area contributed by atoms with Gasteiger partial charge < -0.3 is 26.2 Å². The van der Waals surface area contributed by atoms with E-state index in [0.717, 1.165) is 67.0 Å². The summed E-state index contributed by atoms with van der Waals surface area (Å²) in [6.07, 6.45) is 3.76. The molecule has 0 radical (unpaired) electrons. The van der Waals surface area contributed by atoms with Crippen LogP contribution in [0.4, 0.5) is 21.5 Å². The molecule has 2 amide bonds. The standard InChI is InChI=1S/C30H34FN5O2/c31-23-9-15-26(16-10-23)36(19-21-5-11-24(12-6-21)34-29(37)27-3-1-17-32-27)20-22-7-13-25(14-8-22)35-30(38)28-4-2-18-33-28/h5-16,27-28,32-33H,1-4,17-20H2,(H,34,37)(H,35,38). The number of anilines is 3. The van der Waals surface area contributed by atoms with Gasteiger partial charge in [-0.05, 0) is 98.4 Å². The van der Waals surface area contributed by atoms with E-state index < -0.39 is 0 Å². The first-order chi connectivity index (χ1) is 18.5. The Bertz CT molecular complexity index is 1140. The number of halogens is 1. The van der Waals surface area contributed by atoms with Crippen LogP contribution in [0, 0.1) is 5.82 Å². The third-order valence-corrected chi connectivity index (χ3v) is 7.14. The number of hydrogen-bond donors (Lipinski definition) is 4. The smallest absolute Gasteiger partial charge is 0.241 e. The Morgan fingerprint density at radius 1 is 0.711 bits per heavy atom. The second-order valence-corrected chi connectivity index (χ2v) is 10.0. The molecule has 2 fully saturated rings. The Morgan fingerprint density at radius 2 is 1.16 bits per heavy atom. The van der Waals surface area contributed by atoms with Crippen molar-refractivity contribution in [1.29, 1.82) is 0 Å². The molecule has 2 aliphatic heterocycles. The van der Waals surface area contributed by atoms with E-state index in [4.69, 9.17) is 0 Å². The summed E-state index contributed by atoms with van der Waals surface area (Å²) in [6.45, 7) is 2.98. The molecule has 2 heterocycles. The summed E-state index contributed by atoms with van der Waals surface area (Å²) < 4.78 is 13.6. The first-order valence-corrected chi connectivity index (χ1v) is 13.3. The lowest BCUT2D eigenvalue weighted by Gasteiger charge is -2.25. The Kier molecular flexibility index (Phi) is 8.31. The first kappa shape index (κ1) is 25.9. The van der Waals surface area contributed by atoms with Gasteiger partial charge in [0.25, 0.3) is 0 Å². The monoisotopic (exact) mass is 515 g/mol. The highest BCUT2D eigenvalue weighted by Gasteiger charge is 2.23. The largest absolute Gasteiger partial charge is 0.363 e. The van der Waals surface area contributed by atoms with Crippen molar-refractivity contribution in [1.82, 2.24) is 10.6 Å². The summed E-state index contributed by atoms with van der Waals surface area (Å²) in [5.74, 6) is -0.271. The van der Waals surface area contributed by atoms with Crippen LogP contribution in [-0.2, 0) is 22.7 Å². The van der Waals surface area contributed by atoms with E-state index in [1.165, 1.54) is 12.1 Å². The number of hydrogen-bond acceptors (Lipinski definition) is 5. The van der Waals surface area contributed by atoms with Gasteiger partial charge in [0.2, 0.25) is 11.8 Å². The van der Waals surface area contributed by atoms with Crippen molar-refractivity contribution in [3.05, 3.63) is 89.7 Å².